The van der Waals surface area contributed by atoms with E-state index in [1.54, 1.807) is 0 Å². The number of hydrogen-bond donors (Lipinski definition) is 1. The average molecular weight is 243 g/mol. The molecule has 0 aromatic rings. The standard InChI is InChI=1S/C13H29NOSi/c1-10(2)16(11(3)4,12(5)6)15-13-7-8-14-9-13/h10-14H,7-9H2,1-6H3/t13-/m0/s1. The van der Waals surface area contributed by atoms with E-state index in [-0.39, 0.29) is 0 Å². The van der Waals surface area contributed by atoms with Crippen LogP contribution < -0.4 is 5.32 Å². The van der Waals surface area contributed by atoms with Gasteiger partial charge in [0.2, 0.25) is 8.32 Å². The third kappa shape index (κ3) is 2.69. The molecule has 1 heterocycles. The van der Waals surface area contributed by atoms with Crippen molar-refractivity contribution in [3.05, 3.63) is 0 Å². The second kappa shape index (κ2) is 5.65. The van der Waals surface area contributed by atoms with Crippen LogP contribution in [0.3, 0.4) is 0 Å². The maximum absolute atomic E-state index is 6.66. The van der Waals surface area contributed by atoms with Gasteiger partial charge < -0.3 is 9.74 Å². The first-order valence-electron chi connectivity index (χ1n) is 6.79. The predicted octanol–water partition coefficient (Wildman–Crippen LogP) is 3.54. The molecule has 1 rings (SSSR count). The van der Waals surface area contributed by atoms with Crippen LogP contribution in [0.1, 0.15) is 48.0 Å². The summed E-state index contributed by atoms with van der Waals surface area (Å²) in [7, 11) is -1.63. The minimum atomic E-state index is -1.63. The third-order valence-electron chi connectivity index (χ3n) is 4.09. The highest BCUT2D eigenvalue weighted by Gasteiger charge is 2.46. The minimum Gasteiger partial charge on any atom is -0.412 e. The molecule has 1 fully saturated rings. The van der Waals surface area contributed by atoms with Crippen LogP contribution in [0.2, 0.25) is 16.6 Å². The van der Waals surface area contributed by atoms with Gasteiger partial charge in [-0.15, -0.1) is 0 Å². The summed E-state index contributed by atoms with van der Waals surface area (Å²) in [6.07, 6.45) is 1.67. The number of rotatable bonds is 5. The lowest BCUT2D eigenvalue weighted by atomic mass is 10.3. The van der Waals surface area contributed by atoms with Gasteiger partial charge in [-0.3, -0.25) is 0 Å². The molecule has 1 saturated heterocycles. The van der Waals surface area contributed by atoms with Crippen molar-refractivity contribution in [3.8, 4) is 0 Å². The van der Waals surface area contributed by atoms with Gasteiger partial charge >= 0.3 is 0 Å². The van der Waals surface area contributed by atoms with Gasteiger partial charge in [-0.1, -0.05) is 41.5 Å². The summed E-state index contributed by atoms with van der Waals surface area (Å²) in [5, 5.41) is 3.41. The Morgan fingerprint density at radius 1 is 1.00 bits per heavy atom. The Morgan fingerprint density at radius 3 is 1.81 bits per heavy atom. The van der Waals surface area contributed by atoms with Crippen molar-refractivity contribution in [1.82, 2.24) is 5.32 Å². The van der Waals surface area contributed by atoms with Crippen LogP contribution in [-0.2, 0) is 4.43 Å². The van der Waals surface area contributed by atoms with E-state index in [1.807, 2.05) is 0 Å². The molecule has 1 aliphatic rings. The first-order chi connectivity index (χ1) is 7.41. The Balaban J connectivity index is 2.82. The smallest absolute Gasteiger partial charge is 0.200 e. The third-order valence-corrected chi connectivity index (χ3v) is 10.2. The van der Waals surface area contributed by atoms with Crippen molar-refractivity contribution >= 4 is 8.32 Å². The number of hydrogen-bond acceptors (Lipinski definition) is 2. The summed E-state index contributed by atoms with van der Waals surface area (Å²) in [6, 6.07) is 0. The van der Waals surface area contributed by atoms with Gasteiger partial charge in [-0.05, 0) is 29.6 Å². The summed E-state index contributed by atoms with van der Waals surface area (Å²) < 4.78 is 6.66. The van der Waals surface area contributed by atoms with Crippen LogP contribution in [0.15, 0.2) is 0 Å². The SMILES string of the molecule is CC(C)[Si](O[C@H]1CCNC1)(C(C)C)C(C)C. The normalized spacial score (nSPS) is 22.7. The monoisotopic (exact) mass is 243 g/mol. The molecular weight excluding hydrogens is 214 g/mol. The van der Waals surface area contributed by atoms with E-state index in [0.29, 0.717) is 22.7 Å². The van der Waals surface area contributed by atoms with Crippen LogP contribution >= 0.6 is 0 Å². The molecule has 1 atom stereocenters. The van der Waals surface area contributed by atoms with E-state index in [4.69, 9.17) is 4.43 Å². The molecule has 0 aromatic carbocycles. The van der Waals surface area contributed by atoms with Crippen LogP contribution in [0.4, 0.5) is 0 Å². The fourth-order valence-corrected chi connectivity index (χ4v) is 9.02. The molecule has 0 radical (unpaired) electrons. The molecule has 0 aliphatic carbocycles. The van der Waals surface area contributed by atoms with E-state index in [0.717, 1.165) is 13.1 Å². The molecule has 16 heavy (non-hydrogen) atoms. The van der Waals surface area contributed by atoms with Gasteiger partial charge in [0.1, 0.15) is 0 Å². The molecule has 0 bridgehead atoms. The van der Waals surface area contributed by atoms with Crippen LogP contribution in [0.5, 0.6) is 0 Å². The minimum absolute atomic E-state index is 0.471. The van der Waals surface area contributed by atoms with Gasteiger partial charge in [0, 0.05) is 6.54 Å². The van der Waals surface area contributed by atoms with Crippen molar-refractivity contribution in [2.75, 3.05) is 13.1 Å². The van der Waals surface area contributed by atoms with Gasteiger partial charge in [-0.25, -0.2) is 0 Å². The molecule has 0 unspecified atom stereocenters. The average Bonchev–Trinajstić information content (AvgIpc) is 2.64. The van der Waals surface area contributed by atoms with Crippen molar-refractivity contribution in [3.63, 3.8) is 0 Å². The maximum Gasteiger partial charge on any atom is 0.200 e. The first kappa shape index (κ1) is 14.2. The van der Waals surface area contributed by atoms with Gasteiger partial charge in [0.05, 0.1) is 6.10 Å². The fraction of sp³-hybridized carbons (Fsp3) is 1.00. The van der Waals surface area contributed by atoms with Gasteiger partial charge in [0.15, 0.2) is 0 Å². The largest absolute Gasteiger partial charge is 0.412 e. The molecule has 0 aromatic heterocycles. The van der Waals surface area contributed by atoms with Crippen molar-refractivity contribution in [2.24, 2.45) is 0 Å². The lowest BCUT2D eigenvalue weighted by molar-refractivity contribution is 0.192. The molecular formula is C13H29NOSi. The second-order valence-corrected chi connectivity index (χ2v) is 11.5. The van der Waals surface area contributed by atoms with Gasteiger partial charge in [0.25, 0.3) is 0 Å². The van der Waals surface area contributed by atoms with E-state index in [1.165, 1.54) is 6.42 Å². The molecule has 0 amide bonds. The van der Waals surface area contributed by atoms with E-state index in [2.05, 4.69) is 46.9 Å². The second-order valence-electron chi connectivity index (χ2n) is 6.05. The molecule has 0 spiro atoms. The fourth-order valence-electron chi connectivity index (χ4n) is 3.43. The predicted molar refractivity (Wildman–Crippen MR) is 73.4 cm³/mol. The Bertz CT molecular complexity index is 188. The zero-order valence-electron chi connectivity index (χ0n) is 11.8. The Hall–Kier alpha value is 0.137. The molecule has 96 valence electrons. The highest BCUT2D eigenvalue weighted by molar-refractivity contribution is 6.77. The summed E-state index contributed by atoms with van der Waals surface area (Å²) in [5.41, 5.74) is 2.11. The van der Waals surface area contributed by atoms with Crippen LogP contribution in [0, 0.1) is 0 Å². The summed E-state index contributed by atoms with van der Waals surface area (Å²) >= 11 is 0. The zero-order valence-corrected chi connectivity index (χ0v) is 12.8. The summed E-state index contributed by atoms with van der Waals surface area (Å²) in [4.78, 5) is 0. The highest BCUT2D eigenvalue weighted by Crippen LogP contribution is 2.43. The zero-order chi connectivity index (χ0) is 12.3. The molecule has 2 nitrogen and oxygen atoms in total. The quantitative estimate of drug-likeness (QED) is 0.746. The van der Waals surface area contributed by atoms with Gasteiger partial charge in [-0.2, -0.15) is 0 Å². The molecule has 1 N–H and O–H groups in total. The topological polar surface area (TPSA) is 21.3 Å². The van der Waals surface area contributed by atoms with Crippen molar-refractivity contribution in [2.45, 2.75) is 70.7 Å². The molecule has 0 saturated carbocycles. The Labute approximate surface area is 102 Å². The maximum atomic E-state index is 6.66. The van der Waals surface area contributed by atoms with Crippen molar-refractivity contribution < 1.29 is 4.43 Å². The molecule has 1 aliphatic heterocycles. The first-order valence-corrected chi connectivity index (χ1v) is 8.93. The highest BCUT2D eigenvalue weighted by atomic mass is 28.4. The van der Waals surface area contributed by atoms with E-state index >= 15 is 0 Å². The Kier molecular flexibility index (Phi) is 5.01. The number of nitrogens with one attached hydrogen (secondary N) is 1. The summed E-state index contributed by atoms with van der Waals surface area (Å²) in [5.74, 6) is 0. The summed E-state index contributed by atoms with van der Waals surface area (Å²) in [6.45, 7) is 16.3. The lowest BCUT2D eigenvalue weighted by Gasteiger charge is -2.44. The van der Waals surface area contributed by atoms with Crippen molar-refractivity contribution in [1.29, 1.82) is 0 Å². The van der Waals surface area contributed by atoms with Crippen LogP contribution in [-0.4, -0.2) is 27.5 Å². The lowest BCUT2D eigenvalue weighted by Crippen LogP contribution is -2.50. The molecule has 3 heteroatoms. The van der Waals surface area contributed by atoms with Crippen LogP contribution in [0.25, 0.3) is 0 Å². The van der Waals surface area contributed by atoms with E-state index in [9.17, 15) is 0 Å². The Morgan fingerprint density at radius 2 is 1.50 bits per heavy atom. The van der Waals surface area contributed by atoms with E-state index < -0.39 is 8.32 Å².